The van der Waals surface area contributed by atoms with Crippen molar-refractivity contribution < 1.29 is 24.8 Å². The number of benzene rings is 1. The van der Waals surface area contributed by atoms with Crippen molar-refractivity contribution in [2.75, 3.05) is 0 Å². The van der Waals surface area contributed by atoms with Crippen LogP contribution in [0.4, 0.5) is 0 Å². The molecule has 0 unspecified atom stereocenters. The van der Waals surface area contributed by atoms with Gasteiger partial charge in [-0.15, -0.1) is 0 Å². The Morgan fingerprint density at radius 2 is 1.89 bits per heavy atom. The molecule has 3 N–H and O–H groups in total. The molecule has 0 aromatic heterocycles. The van der Waals surface area contributed by atoms with Gasteiger partial charge in [-0.2, -0.15) is 0 Å². The van der Waals surface area contributed by atoms with Crippen LogP contribution in [0.5, 0.6) is 0 Å². The summed E-state index contributed by atoms with van der Waals surface area (Å²) in [7, 11) is 0. The number of rotatable bonds is 4. The molecule has 0 aliphatic carbocycles. The molecule has 0 radical (unpaired) electrons. The van der Waals surface area contributed by atoms with E-state index in [0.717, 1.165) is 5.56 Å². The highest BCUT2D eigenvalue weighted by Gasteiger charge is 2.45. The Kier molecular flexibility index (Phi) is 4.31. The molecule has 0 amide bonds. The van der Waals surface area contributed by atoms with Crippen LogP contribution in [0.25, 0.3) is 0 Å². The standard InChI is InChI=1S/C13H18O5/c1-8(14)12-10(15)11(16)13(18-12)17-7-9-5-3-2-4-6-9/h2-6,8,10-16H,7H2,1H3/t8-,10-,11+,12-,13+/m0/s1. The Bertz CT molecular complexity index is 367. The topological polar surface area (TPSA) is 79.2 Å². The second-order valence-corrected chi connectivity index (χ2v) is 4.49. The van der Waals surface area contributed by atoms with Crippen LogP contribution in [0.15, 0.2) is 30.3 Å². The lowest BCUT2D eigenvalue weighted by Crippen LogP contribution is -2.37. The van der Waals surface area contributed by atoms with Crippen molar-refractivity contribution >= 4 is 0 Å². The van der Waals surface area contributed by atoms with Gasteiger partial charge in [0.25, 0.3) is 0 Å². The van der Waals surface area contributed by atoms with Crippen LogP contribution >= 0.6 is 0 Å². The lowest BCUT2D eigenvalue weighted by atomic mass is 10.1. The minimum Gasteiger partial charge on any atom is -0.391 e. The van der Waals surface area contributed by atoms with Gasteiger partial charge in [0.15, 0.2) is 6.29 Å². The summed E-state index contributed by atoms with van der Waals surface area (Å²) in [5.74, 6) is 0. The monoisotopic (exact) mass is 254 g/mol. The fraction of sp³-hybridized carbons (Fsp3) is 0.538. The van der Waals surface area contributed by atoms with Gasteiger partial charge in [-0.25, -0.2) is 0 Å². The molecule has 1 aliphatic rings. The van der Waals surface area contributed by atoms with E-state index in [1.165, 1.54) is 6.92 Å². The van der Waals surface area contributed by atoms with E-state index in [9.17, 15) is 15.3 Å². The maximum Gasteiger partial charge on any atom is 0.187 e. The van der Waals surface area contributed by atoms with Crippen molar-refractivity contribution in [2.24, 2.45) is 0 Å². The number of hydrogen-bond donors (Lipinski definition) is 3. The Balaban J connectivity index is 1.91. The predicted molar refractivity (Wildman–Crippen MR) is 63.6 cm³/mol. The van der Waals surface area contributed by atoms with Crippen LogP contribution in [0, 0.1) is 0 Å². The molecule has 1 heterocycles. The van der Waals surface area contributed by atoms with Crippen LogP contribution in [0.1, 0.15) is 12.5 Å². The summed E-state index contributed by atoms with van der Waals surface area (Å²) in [6.45, 7) is 1.78. The fourth-order valence-electron chi connectivity index (χ4n) is 1.96. The van der Waals surface area contributed by atoms with Gasteiger partial charge >= 0.3 is 0 Å². The van der Waals surface area contributed by atoms with Crippen molar-refractivity contribution in [1.82, 2.24) is 0 Å². The Labute approximate surface area is 106 Å². The van der Waals surface area contributed by atoms with Crippen LogP contribution < -0.4 is 0 Å². The Morgan fingerprint density at radius 3 is 2.44 bits per heavy atom. The minimum absolute atomic E-state index is 0.280. The van der Waals surface area contributed by atoms with Crippen LogP contribution in [0.3, 0.4) is 0 Å². The first-order chi connectivity index (χ1) is 8.59. The first-order valence-corrected chi connectivity index (χ1v) is 5.95. The minimum atomic E-state index is -1.15. The molecule has 1 aromatic carbocycles. The second kappa shape index (κ2) is 5.77. The summed E-state index contributed by atoms with van der Waals surface area (Å²) < 4.78 is 10.7. The summed E-state index contributed by atoms with van der Waals surface area (Å²) in [6, 6.07) is 9.46. The quantitative estimate of drug-likeness (QED) is 0.706. The number of hydrogen-bond acceptors (Lipinski definition) is 5. The molecule has 1 aromatic rings. The highest BCUT2D eigenvalue weighted by molar-refractivity contribution is 5.13. The second-order valence-electron chi connectivity index (χ2n) is 4.49. The van der Waals surface area contributed by atoms with Gasteiger partial charge in [0, 0.05) is 0 Å². The van der Waals surface area contributed by atoms with E-state index in [1.54, 1.807) is 0 Å². The van der Waals surface area contributed by atoms with E-state index >= 15 is 0 Å². The molecule has 5 atom stereocenters. The zero-order valence-electron chi connectivity index (χ0n) is 10.1. The van der Waals surface area contributed by atoms with Crippen molar-refractivity contribution in [3.05, 3.63) is 35.9 Å². The van der Waals surface area contributed by atoms with Gasteiger partial charge in [-0.1, -0.05) is 30.3 Å². The summed E-state index contributed by atoms with van der Waals surface area (Å²) >= 11 is 0. The number of ether oxygens (including phenoxy) is 2. The van der Waals surface area contributed by atoms with Gasteiger partial charge in [-0.3, -0.25) is 0 Å². The molecular weight excluding hydrogens is 236 g/mol. The van der Waals surface area contributed by atoms with Gasteiger partial charge < -0.3 is 24.8 Å². The first kappa shape index (κ1) is 13.5. The van der Waals surface area contributed by atoms with E-state index in [1.807, 2.05) is 30.3 Å². The molecule has 1 fully saturated rings. The van der Waals surface area contributed by atoms with Crippen molar-refractivity contribution in [2.45, 2.75) is 44.2 Å². The Morgan fingerprint density at radius 1 is 1.22 bits per heavy atom. The maximum absolute atomic E-state index is 9.74. The lowest BCUT2D eigenvalue weighted by molar-refractivity contribution is -0.182. The molecule has 5 nitrogen and oxygen atoms in total. The van der Waals surface area contributed by atoms with E-state index in [4.69, 9.17) is 9.47 Å². The fourth-order valence-corrected chi connectivity index (χ4v) is 1.96. The average Bonchev–Trinajstić information content (AvgIpc) is 2.65. The van der Waals surface area contributed by atoms with Crippen molar-refractivity contribution in [3.8, 4) is 0 Å². The van der Waals surface area contributed by atoms with Crippen molar-refractivity contribution in [3.63, 3.8) is 0 Å². The molecule has 1 aliphatic heterocycles. The molecular formula is C13H18O5. The predicted octanol–water partition coefficient (Wildman–Crippen LogP) is 0.0307. The lowest BCUT2D eigenvalue weighted by Gasteiger charge is -2.16. The molecule has 0 bridgehead atoms. The van der Waals surface area contributed by atoms with E-state index in [-0.39, 0.29) is 6.61 Å². The largest absolute Gasteiger partial charge is 0.391 e. The summed E-state index contributed by atoms with van der Waals surface area (Å²) in [5.41, 5.74) is 0.947. The molecule has 100 valence electrons. The summed E-state index contributed by atoms with van der Waals surface area (Å²) in [6.07, 6.45) is -4.88. The van der Waals surface area contributed by atoms with Gasteiger partial charge in [0.2, 0.25) is 0 Å². The van der Waals surface area contributed by atoms with E-state index in [2.05, 4.69) is 0 Å². The molecule has 18 heavy (non-hydrogen) atoms. The van der Waals surface area contributed by atoms with Crippen LogP contribution in [-0.4, -0.2) is 46.0 Å². The molecule has 0 spiro atoms. The third-order valence-corrected chi connectivity index (χ3v) is 2.99. The summed E-state index contributed by atoms with van der Waals surface area (Å²) in [5, 5.41) is 28.8. The molecule has 1 saturated heterocycles. The van der Waals surface area contributed by atoms with Crippen LogP contribution in [0.2, 0.25) is 0 Å². The smallest absolute Gasteiger partial charge is 0.187 e. The van der Waals surface area contributed by atoms with Crippen LogP contribution in [-0.2, 0) is 16.1 Å². The molecule has 2 rings (SSSR count). The third kappa shape index (κ3) is 2.88. The summed E-state index contributed by atoms with van der Waals surface area (Å²) in [4.78, 5) is 0. The first-order valence-electron chi connectivity index (χ1n) is 5.95. The maximum atomic E-state index is 9.74. The van der Waals surface area contributed by atoms with E-state index in [0.29, 0.717) is 0 Å². The molecule has 0 saturated carbocycles. The normalized spacial score (nSPS) is 33.6. The van der Waals surface area contributed by atoms with Gasteiger partial charge in [0.05, 0.1) is 12.7 Å². The molecule has 5 heteroatoms. The number of aliphatic hydroxyl groups excluding tert-OH is 3. The van der Waals surface area contributed by atoms with Crippen molar-refractivity contribution in [1.29, 1.82) is 0 Å². The van der Waals surface area contributed by atoms with E-state index < -0.39 is 30.7 Å². The van der Waals surface area contributed by atoms with Gasteiger partial charge in [0.1, 0.15) is 18.3 Å². The highest BCUT2D eigenvalue weighted by Crippen LogP contribution is 2.25. The zero-order valence-corrected chi connectivity index (χ0v) is 10.1. The average molecular weight is 254 g/mol. The SMILES string of the molecule is C[C@H](O)[C@@H]1O[C@@H](OCc2ccccc2)[C@H](O)[C@@H]1O. The highest BCUT2D eigenvalue weighted by atomic mass is 16.7. The number of aliphatic hydroxyl groups is 3. The third-order valence-electron chi connectivity index (χ3n) is 2.99. The Hall–Kier alpha value is -0.980. The zero-order chi connectivity index (χ0) is 13.1. The van der Waals surface area contributed by atoms with Gasteiger partial charge in [-0.05, 0) is 12.5 Å².